The van der Waals surface area contributed by atoms with Gasteiger partial charge in [0.25, 0.3) is 0 Å². The molecule has 2 heterocycles. The van der Waals surface area contributed by atoms with E-state index >= 15 is 0 Å². The summed E-state index contributed by atoms with van der Waals surface area (Å²) in [5.74, 6) is 1.65. The number of nitrogens with one attached hydrogen (secondary N) is 1. The van der Waals surface area contributed by atoms with Crippen LogP contribution in [-0.4, -0.2) is 4.98 Å². The number of rotatable bonds is 4. The van der Waals surface area contributed by atoms with E-state index in [0.717, 1.165) is 27.7 Å². The molecule has 2 aromatic heterocycles. The second-order valence-corrected chi connectivity index (χ2v) is 5.90. The topological polar surface area (TPSA) is 38.1 Å². The molecular weight excluding hydrogens is 288 g/mol. The van der Waals surface area contributed by atoms with Crippen molar-refractivity contribution in [3.63, 3.8) is 0 Å². The van der Waals surface area contributed by atoms with E-state index < -0.39 is 0 Å². The van der Waals surface area contributed by atoms with Gasteiger partial charge in [-0.2, -0.15) is 0 Å². The molecular formula is C11H13BrN2OS. The second-order valence-electron chi connectivity index (χ2n) is 3.61. The van der Waals surface area contributed by atoms with E-state index in [4.69, 9.17) is 4.42 Å². The highest BCUT2D eigenvalue weighted by atomic mass is 79.9. The van der Waals surface area contributed by atoms with Gasteiger partial charge in [0.05, 0.1) is 16.0 Å². The summed E-state index contributed by atoms with van der Waals surface area (Å²) in [6.07, 6.45) is 0. The fourth-order valence-corrected chi connectivity index (χ4v) is 2.58. The Morgan fingerprint density at radius 3 is 2.81 bits per heavy atom. The Labute approximate surface area is 107 Å². The monoisotopic (exact) mass is 300 g/mol. The van der Waals surface area contributed by atoms with Crippen molar-refractivity contribution in [3.8, 4) is 0 Å². The molecule has 0 saturated carbocycles. The van der Waals surface area contributed by atoms with E-state index in [2.05, 4.69) is 37.7 Å². The van der Waals surface area contributed by atoms with Gasteiger partial charge in [0, 0.05) is 6.54 Å². The van der Waals surface area contributed by atoms with Crippen molar-refractivity contribution in [1.82, 2.24) is 10.3 Å². The molecule has 0 radical (unpaired) electrons. The average molecular weight is 301 g/mol. The van der Waals surface area contributed by atoms with Crippen molar-refractivity contribution < 1.29 is 4.42 Å². The van der Waals surface area contributed by atoms with Crippen LogP contribution < -0.4 is 5.32 Å². The van der Waals surface area contributed by atoms with Gasteiger partial charge in [-0.25, -0.2) is 4.98 Å². The molecule has 16 heavy (non-hydrogen) atoms. The minimum Gasteiger partial charge on any atom is -0.444 e. The summed E-state index contributed by atoms with van der Waals surface area (Å²) in [5, 5.41) is 5.43. The van der Waals surface area contributed by atoms with Gasteiger partial charge >= 0.3 is 0 Å². The smallest absolute Gasteiger partial charge is 0.208 e. The fraction of sp³-hybridized carbons (Fsp3) is 0.364. The van der Waals surface area contributed by atoms with Crippen LogP contribution in [0, 0.1) is 13.8 Å². The number of hydrogen-bond acceptors (Lipinski definition) is 4. The normalized spacial score (nSPS) is 10.9. The van der Waals surface area contributed by atoms with Gasteiger partial charge in [-0.1, -0.05) is 0 Å². The van der Waals surface area contributed by atoms with Crippen molar-refractivity contribution in [1.29, 1.82) is 0 Å². The van der Waals surface area contributed by atoms with E-state index in [1.807, 2.05) is 13.8 Å². The van der Waals surface area contributed by atoms with Crippen molar-refractivity contribution in [3.05, 3.63) is 38.1 Å². The Morgan fingerprint density at radius 1 is 1.44 bits per heavy atom. The lowest BCUT2D eigenvalue weighted by molar-refractivity contribution is 0.449. The zero-order chi connectivity index (χ0) is 11.5. The number of halogens is 1. The highest BCUT2D eigenvalue weighted by Gasteiger charge is 2.04. The maximum absolute atomic E-state index is 5.48. The molecule has 2 aromatic rings. The lowest BCUT2D eigenvalue weighted by atomic mass is 10.3. The minimum atomic E-state index is 0.669. The van der Waals surface area contributed by atoms with Gasteiger partial charge in [-0.3, -0.25) is 0 Å². The summed E-state index contributed by atoms with van der Waals surface area (Å²) in [4.78, 5) is 4.31. The third-order valence-corrected chi connectivity index (χ3v) is 3.85. The maximum atomic E-state index is 5.48. The molecule has 1 N–H and O–H groups in total. The summed E-state index contributed by atoms with van der Waals surface area (Å²) in [7, 11) is 0. The first-order valence-corrected chi connectivity index (χ1v) is 6.69. The van der Waals surface area contributed by atoms with Crippen LogP contribution in [0.1, 0.15) is 22.9 Å². The predicted octanol–water partition coefficient (Wildman–Crippen LogP) is 3.41. The second kappa shape index (κ2) is 5.12. The summed E-state index contributed by atoms with van der Waals surface area (Å²) in [5.41, 5.74) is 2.24. The molecule has 0 aliphatic carbocycles. The van der Waals surface area contributed by atoms with Crippen LogP contribution in [0.2, 0.25) is 0 Å². The highest BCUT2D eigenvalue weighted by molar-refractivity contribution is 9.11. The highest BCUT2D eigenvalue weighted by Crippen LogP contribution is 2.20. The first-order chi connectivity index (χ1) is 7.65. The van der Waals surface area contributed by atoms with Crippen molar-refractivity contribution in [2.75, 3.05) is 0 Å². The Morgan fingerprint density at radius 2 is 2.25 bits per heavy atom. The molecule has 0 bridgehead atoms. The summed E-state index contributed by atoms with van der Waals surface area (Å²) < 4.78 is 6.64. The van der Waals surface area contributed by atoms with Crippen LogP contribution in [-0.2, 0) is 13.1 Å². The molecule has 0 atom stereocenters. The van der Waals surface area contributed by atoms with E-state index in [1.54, 1.807) is 11.3 Å². The van der Waals surface area contributed by atoms with E-state index in [0.29, 0.717) is 6.54 Å². The number of aromatic nitrogens is 1. The Bertz CT molecular complexity index is 459. The van der Waals surface area contributed by atoms with Gasteiger partial charge in [0.15, 0.2) is 0 Å². The lowest BCUT2D eigenvalue weighted by Crippen LogP contribution is -2.12. The third kappa shape index (κ3) is 2.93. The first-order valence-electron chi connectivity index (χ1n) is 5.01. The van der Waals surface area contributed by atoms with Crippen LogP contribution in [0.25, 0.3) is 0 Å². The Hall–Kier alpha value is -0.650. The summed E-state index contributed by atoms with van der Waals surface area (Å²) >= 11 is 5.14. The van der Waals surface area contributed by atoms with E-state index in [9.17, 15) is 0 Å². The molecule has 0 spiro atoms. The number of thiophene rings is 1. The average Bonchev–Trinajstić information content (AvgIpc) is 2.75. The molecule has 86 valence electrons. The summed E-state index contributed by atoms with van der Waals surface area (Å²) in [6.45, 7) is 5.39. The van der Waals surface area contributed by atoms with E-state index in [1.165, 1.54) is 5.56 Å². The molecule has 0 saturated heterocycles. The van der Waals surface area contributed by atoms with Crippen LogP contribution in [0.15, 0.2) is 19.6 Å². The maximum Gasteiger partial charge on any atom is 0.208 e. The quantitative estimate of drug-likeness (QED) is 0.940. The number of nitrogens with zero attached hydrogens (tertiary/aromatic N) is 1. The van der Waals surface area contributed by atoms with Crippen LogP contribution in [0.5, 0.6) is 0 Å². The molecule has 0 unspecified atom stereocenters. The first kappa shape index (κ1) is 11.8. The SMILES string of the molecule is Cc1nc(CNCc2csc(Br)c2)oc1C. The minimum absolute atomic E-state index is 0.669. The van der Waals surface area contributed by atoms with Crippen LogP contribution >= 0.6 is 27.3 Å². The molecule has 0 fully saturated rings. The van der Waals surface area contributed by atoms with Gasteiger partial charge in [0.1, 0.15) is 5.76 Å². The van der Waals surface area contributed by atoms with Crippen molar-refractivity contribution in [2.45, 2.75) is 26.9 Å². The summed E-state index contributed by atoms with van der Waals surface area (Å²) in [6, 6.07) is 2.11. The largest absolute Gasteiger partial charge is 0.444 e. The zero-order valence-corrected chi connectivity index (χ0v) is 11.6. The predicted molar refractivity (Wildman–Crippen MR) is 68.5 cm³/mol. The third-order valence-electron chi connectivity index (χ3n) is 2.30. The number of aryl methyl sites for hydroxylation is 2. The van der Waals surface area contributed by atoms with Gasteiger partial charge < -0.3 is 9.73 Å². The molecule has 2 rings (SSSR count). The van der Waals surface area contributed by atoms with Crippen LogP contribution in [0.4, 0.5) is 0 Å². The fourth-order valence-electron chi connectivity index (χ4n) is 1.37. The molecule has 5 heteroatoms. The molecule has 0 aliphatic heterocycles. The number of hydrogen-bond donors (Lipinski definition) is 1. The van der Waals surface area contributed by atoms with Gasteiger partial charge in [-0.05, 0) is 46.8 Å². The zero-order valence-electron chi connectivity index (χ0n) is 9.21. The molecule has 0 aliphatic rings. The lowest BCUT2D eigenvalue weighted by Gasteiger charge is -1.98. The number of oxazole rings is 1. The van der Waals surface area contributed by atoms with Gasteiger partial charge in [0.2, 0.25) is 5.89 Å². The molecule has 0 aromatic carbocycles. The Balaban J connectivity index is 1.84. The van der Waals surface area contributed by atoms with Crippen molar-refractivity contribution in [2.24, 2.45) is 0 Å². The standard InChI is InChI=1S/C11H13BrN2OS/c1-7-8(2)15-11(14-7)5-13-4-9-3-10(12)16-6-9/h3,6,13H,4-5H2,1-2H3. The van der Waals surface area contributed by atoms with E-state index in [-0.39, 0.29) is 0 Å². The van der Waals surface area contributed by atoms with Crippen LogP contribution in [0.3, 0.4) is 0 Å². The molecule has 0 amide bonds. The molecule has 3 nitrogen and oxygen atoms in total. The van der Waals surface area contributed by atoms with Crippen molar-refractivity contribution >= 4 is 27.3 Å². The van der Waals surface area contributed by atoms with Gasteiger partial charge in [-0.15, -0.1) is 11.3 Å². The Kier molecular flexibility index (Phi) is 3.78.